The van der Waals surface area contributed by atoms with Crippen LogP contribution in [0.4, 0.5) is 10.1 Å². The summed E-state index contributed by atoms with van der Waals surface area (Å²) < 4.78 is 13.4. The van der Waals surface area contributed by atoms with Crippen LogP contribution in [0.5, 0.6) is 0 Å². The highest BCUT2D eigenvalue weighted by Crippen LogP contribution is 2.23. The SMILES string of the molecule is Fc1ccccc1CSc1ccc(N=C=S)cn1. The smallest absolute Gasteiger partial charge is 0.127 e. The van der Waals surface area contributed by atoms with Gasteiger partial charge in [0.05, 0.1) is 22.1 Å². The maximum Gasteiger partial charge on any atom is 0.127 e. The van der Waals surface area contributed by atoms with E-state index in [0.29, 0.717) is 17.0 Å². The molecule has 0 aliphatic rings. The molecule has 0 amide bonds. The first-order valence-electron chi connectivity index (χ1n) is 5.20. The topological polar surface area (TPSA) is 25.2 Å². The van der Waals surface area contributed by atoms with Crippen LogP contribution in [0.15, 0.2) is 52.6 Å². The van der Waals surface area contributed by atoms with Gasteiger partial charge < -0.3 is 0 Å². The van der Waals surface area contributed by atoms with Gasteiger partial charge in [-0.2, -0.15) is 4.99 Å². The molecule has 0 N–H and O–H groups in total. The van der Waals surface area contributed by atoms with Crippen molar-refractivity contribution < 1.29 is 4.39 Å². The minimum Gasteiger partial charge on any atom is -0.248 e. The number of hydrogen-bond donors (Lipinski definition) is 0. The van der Waals surface area contributed by atoms with E-state index in [1.807, 2.05) is 12.1 Å². The fraction of sp³-hybridized carbons (Fsp3) is 0.0769. The molecule has 2 nitrogen and oxygen atoms in total. The van der Waals surface area contributed by atoms with E-state index >= 15 is 0 Å². The van der Waals surface area contributed by atoms with E-state index in [4.69, 9.17) is 0 Å². The van der Waals surface area contributed by atoms with Crippen LogP contribution in [0.1, 0.15) is 5.56 Å². The van der Waals surface area contributed by atoms with Gasteiger partial charge in [0.1, 0.15) is 5.82 Å². The molecule has 0 spiro atoms. The molecule has 0 aliphatic heterocycles. The summed E-state index contributed by atoms with van der Waals surface area (Å²) in [4.78, 5) is 8.02. The molecule has 0 unspecified atom stereocenters. The van der Waals surface area contributed by atoms with Gasteiger partial charge in [-0.15, -0.1) is 11.8 Å². The summed E-state index contributed by atoms with van der Waals surface area (Å²) in [6, 6.07) is 10.4. The molecule has 2 rings (SSSR count). The molecule has 90 valence electrons. The molecule has 5 heteroatoms. The number of isothiocyanates is 1. The molecule has 0 bridgehead atoms. The van der Waals surface area contributed by atoms with Crippen molar-refractivity contribution in [3.8, 4) is 0 Å². The molecule has 0 fully saturated rings. The Labute approximate surface area is 114 Å². The van der Waals surface area contributed by atoms with Crippen LogP contribution in [-0.4, -0.2) is 10.1 Å². The van der Waals surface area contributed by atoms with Crippen molar-refractivity contribution >= 4 is 34.8 Å². The molecular formula is C13H9FN2S2. The summed E-state index contributed by atoms with van der Waals surface area (Å²) >= 11 is 5.98. The van der Waals surface area contributed by atoms with Crippen molar-refractivity contribution in [2.24, 2.45) is 4.99 Å². The van der Waals surface area contributed by atoms with Crippen LogP contribution in [0.3, 0.4) is 0 Å². The van der Waals surface area contributed by atoms with Gasteiger partial charge in [-0.05, 0) is 36.0 Å². The standard InChI is InChI=1S/C13H9FN2S2/c14-12-4-2-1-3-10(12)8-18-13-6-5-11(7-15-13)16-9-17/h1-7H,8H2. The van der Waals surface area contributed by atoms with Crippen LogP contribution in [0.25, 0.3) is 0 Å². The predicted molar refractivity (Wildman–Crippen MR) is 74.9 cm³/mol. The second-order valence-corrected chi connectivity index (χ2v) is 4.62. The van der Waals surface area contributed by atoms with E-state index in [0.717, 1.165) is 5.03 Å². The number of aliphatic imine (C=N–C) groups is 1. The molecule has 0 atom stereocenters. The molecule has 1 heterocycles. The maximum absolute atomic E-state index is 13.4. The van der Waals surface area contributed by atoms with E-state index in [1.54, 1.807) is 24.4 Å². The maximum atomic E-state index is 13.4. The lowest BCUT2D eigenvalue weighted by molar-refractivity contribution is 0.617. The Morgan fingerprint density at radius 2 is 2.11 bits per heavy atom. The predicted octanol–water partition coefficient (Wildman–Crippen LogP) is 4.25. The van der Waals surface area contributed by atoms with Gasteiger partial charge >= 0.3 is 0 Å². The third kappa shape index (κ3) is 3.47. The van der Waals surface area contributed by atoms with E-state index in [1.165, 1.54) is 17.8 Å². The van der Waals surface area contributed by atoms with Crippen molar-refractivity contribution in [1.82, 2.24) is 4.98 Å². The van der Waals surface area contributed by atoms with Crippen molar-refractivity contribution in [2.75, 3.05) is 0 Å². The molecule has 2 aromatic rings. The lowest BCUT2D eigenvalue weighted by atomic mass is 10.2. The summed E-state index contributed by atoms with van der Waals surface area (Å²) in [5, 5.41) is 3.10. The quantitative estimate of drug-likeness (QED) is 0.474. The van der Waals surface area contributed by atoms with Crippen LogP contribution in [-0.2, 0) is 5.75 Å². The Hall–Kier alpha value is -1.55. The molecule has 0 saturated heterocycles. The number of aromatic nitrogens is 1. The largest absolute Gasteiger partial charge is 0.248 e. The lowest BCUT2D eigenvalue weighted by Gasteiger charge is -2.02. The van der Waals surface area contributed by atoms with Gasteiger partial charge in [-0.3, -0.25) is 0 Å². The van der Waals surface area contributed by atoms with Crippen LogP contribution >= 0.6 is 24.0 Å². The number of thioether (sulfide) groups is 1. The lowest BCUT2D eigenvalue weighted by Crippen LogP contribution is -1.87. The van der Waals surface area contributed by atoms with Crippen molar-refractivity contribution in [1.29, 1.82) is 0 Å². The van der Waals surface area contributed by atoms with Gasteiger partial charge in [0, 0.05) is 5.75 Å². The monoisotopic (exact) mass is 276 g/mol. The zero-order valence-corrected chi connectivity index (χ0v) is 11.0. The highest BCUT2D eigenvalue weighted by molar-refractivity contribution is 7.98. The first-order valence-corrected chi connectivity index (χ1v) is 6.59. The van der Waals surface area contributed by atoms with Crippen molar-refractivity contribution in [3.63, 3.8) is 0 Å². The Morgan fingerprint density at radius 3 is 2.78 bits per heavy atom. The third-order valence-electron chi connectivity index (χ3n) is 2.23. The number of hydrogen-bond acceptors (Lipinski definition) is 4. The number of pyridine rings is 1. The first-order chi connectivity index (χ1) is 8.79. The summed E-state index contributed by atoms with van der Waals surface area (Å²) in [6.45, 7) is 0. The molecule has 1 aromatic carbocycles. The molecule has 0 radical (unpaired) electrons. The average Bonchev–Trinajstić information content (AvgIpc) is 2.40. The van der Waals surface area contributed by atoms with Gasteiger partial charge in [-0.25, -0.2) is 9.37 Å². The normalized spacial score (nSPS) is 9.83. The van der Waals surface area contributed by atoms with Gasteiger partial charge in [-0.1, -0.05) is 18.2 Å². The van der Waals surface area contributed by atoms with E-state index in [2.05, 4.69) is 27.4 Å². The van der Waals surface area contributed by atoms with Gasteiger partial charge in [0.2, 0.25) is 0 Å². The second kappa shape index (κ2) is 6.40. The summed E-state index contributed by atoms with van der Waals surface area (Å²) in [5.41, 5.74) is 1.34. The first kappa shape index (κ1) is 12.9. The summed E-state index contributed by atoms with van der Waals surface area (Å²) in [5.74, 6) is 0.363. The van der Waals surface area contributed by atoms with Crippen molar-refractivity contribution in [3.05, 3.63) is 54.0 Å². The molecule has 0 saturated carbocycles. The molecule has 18 heavy (non-hydrogen) atoms. The Bertz CT molecular complexity index is 578. The van der Waals surface area contributed by atoms with E-state index in [9.17, 15) is 4.39 Å². The van der Waals surface area contributed by atoms with Crippen molar-refractivity contribution in [2.45, 2.75) is 10.8 Å². The van der Waals surface area contributed by atoms with Crippen LogP contribution in [0, 0.1) is 5.82 Å². The third-order valence-corrected chi connectivity index (χ3v) is 3.31. The Kier molecular flexibility index (Phi) is 4.59. The van der Waals surface area contributed by atoms with E-state index in [-0.39, 0.29) is 5.82 Å². The molecule has 0 aliphatic carbocycles. The van der Waals surface area contributed by atoms with Crippen LogP contribution < -0.4 is 0 Å². The minimum atomic E-state index is -0.188. The zero-order chi connectivity index (χ0) is 12.8. The fourth-order valence-electron chi connectivity index (χ4n) is 1.34. The van der Waals surface area contributed by atoms with Crippen LogP contribution in [0.2, 0.25) is 0 Å². The summed E-state index contributed by atoms with van der Waals surface area (Å²) in [7, 11) is 0. The minimum absolute atomic E-state index is 0.188. The highest BCUT2D eigenvalue weighted by atomic mass is 32.2. The molecule has 1 aromatic heterocycles. The molecular weight excluding hydrogens is 267 g/mol. The second-order valence-electron chi connectivity index (χ2n) is 3.44. The Balaban J connectivity index is 2.02. The fourth-order valence-corrected chi connectivity index (χ4v) is 2.28. The number of nitrogens with zero attached hydrogens (tertiary/aromatic N) is 2. The Morgan fingerprint density at radius 1 is 1.28 bits per heavy atom. The number of halogens is 1. The summed E-state index contributed by atoms with van der Waals surface area (Å²) in [6.07, 6.45) is 1.61. The number of thiocarbonyl (C=S) groups is 1. The zero-order valence-electron chi connectivity index (χ0n) is 9.34. The van der Waals surface area contributed by atoms with Gasteiger partial charge in [0.25, 0.3) is 0 Å². The van der Waals surface area contributed by atoms with E-state index < -0.39 is 0 Å². The highest BCUT2D eigenvalue weighted by Gasteiger charge is 2.02. The number of benzene rings is 1. The average molecular weight is 276 g/mol. The van der Waals surface area contributed by atoms with Gasteiger partial charge in [0.15, 0.2) is 0 Å². The number of rotatable bonds is 4.